The molecule has 0 fully saturated rings. The maximum atomic E-state index is 14.4. The average molecular weight is 609 g/mol. The predicted octanol–water partition coefficient (Wildman–Crippen LogP) is 8.43. The quantitative estimate of drug-likeness (QED) is 0.131. The minimum atomic E-state index is -4.16. The van der Waals surface area contributed by atoms with Gasteiger partial charge in [-0.15, -0.1) is 0 Å². The third kappa shape index (κ3) is 7.46. The Morgan fingerprint density at radius 2 is 0.878 bits per heavy atom. The number of non-ortho nitro benzene ring substituents is 2. The van der Waals surface area contributed by atoms with Crippen molar-refractivity contribution in [1.29, 1.82) is 0 Å². The van der Waals surface area contributed by atoms with E-state index in [1.807, 2.05) is 0 Å². The Labute approximate surface area is 246 Å². The number of rotatable bonds is 10. The molecule has 2 atom stereocenters. The van der Waals surface area contributed by atoms with Gasteiger partial charge < -0.3 is 0 Å². The van der Waals surface area contributed by atoms with Gasteiger partial charge in [-0.3, -0.25) is 20.2 Å². The summed E-state index contributed by atoms with van der Waals surface area (Å²) in [5.74, 6) is 0. The molecule has 2 unspecified atom stereocenters. The van der Waals surface area contributed by atoms with E-state index in [1.54, 1.807) is 60.7 Å². The maximum absolute atomic E-state index is 14.4. The number of hydrogen-bond donors (Lipinski definition) is 0. The lowest BCUT2D eigenvalue weighted by Crippen LogP contribution is -2.19. The van der Waals surface area contributed by atoms with Crippen molar-refractivity contribution in [1.82, 2.24) is 0 Å². The largest absolute Gasteiger partial charge is 0.269 e. The normalized spacial score (nSPS) is 13.3. The highest BCUT2D eigenvalue weighted by atomic mass is 35.5. The molecule has 0 bridgehead atoms. The highest BCUT2D eigenvalue weighted by molar-refractivity contribution is 7.92. The zero-order valence-electron chi connectivity index (χ0n) is 21.2. The zero-order chi connectivity index (χ0) is 29.6. The van der Waals surface area contributed by atoms with Gasteiger partial charge in [0, 0.05) is 34.3 Å². The Bertz CT molecular complexity index is 1580. The van der Waals surface area contributed by atoms with E-state index in [4.69, 9.17) is 23.2 Å². The second-order valence-corrected chi connectivity index (χ2v) is 12.0. The van der Waals surface area contributed by atoms with Crippen LogP contribution in [0.1, 0.15) is 32.8 Å². The molecule has 0 saturated heterocycles. The Balaban J connectivity index is 1.84. The van der Waals surface area contributed by atoms with Crippen LogP contribution in [0.5, 0.6) is 0 Å². The SMILES string of the molecule is O=[N+]([O-])c1ccc(C(/C=C/c2ccc(Cl)cc2)S(=O)(=O)C(/C=C/c2ccc(Cl)cc2)c2ccc([N+](=O)[O-])cc2)cc1. The fourth-order valence-corrected chi connectivity index (χ4v) is 6.33. The van der Waals surface area contributed by atoms with Crippen LogP contribution < -0.4 is 0 Å². The molecular weight excluding hydrogens is 587 g/mol. The van der Waals surface area contributed by atoms with Crippen LogP contribution in [0, 0.1) is 20.2 Å². The minimum absolute atomic E-state index is 0.180. The van der Waals surface area contributed by atoms with Crippen LogP contribution in [0.2, 0.25) is 10.0 Å². The van der Waals surface area contributed by atoms with Crippen molar-refractivity contribution in [3.63, 3.8) is 0 Å². The summed E-state index contributed by atoms with van der Waals surface area (Å²) < 4.78 is 28.8. The van der Waals surface area contributed by atoms with E-state index in [1.165, 1.54) is 60.7 Å². The van der Waals surface area contributed by atoms with Crippen molar-refractivity contribution in [2.75, 3.05) is 0 Å². The first-order valence-electron chi connectivity index (χ1n) is 12.1. The molecule has 0 amide bonds. The molecule has 11 heteroatoms. The van der Waals surface area contributed by atoms with Crippen LogP contribution in [-0.2, 0) is 9.84 Å². The number of nitro groups is 2. The minimum Gasteiger partial charge on any atom is -0.258 e. The Morgan fingerprint density at radius 1 is 0.561 bits per heavy atom. The fourth-order valence-electron chi connectivity index (χ4n) is 4.09. The molecule has 0 aliphatic heterocycles. The maximum Gasteiger partial charge on any atom is 0.269 e. The molecule has 4 aromatic carbocycles. The van der Waals surface area contributed by atoms with E-state index < -0.39 is 30.2 Å². The lowest BCUT2D eigenvalue weighted by molar-refractivity contribution is -0.385. The van der Waals surface area contributed by atoms with Gasteiger partial charge in [0.1, 0.15) is 10.5 Å². The molecule has 0 aromatic heterocycles. The standard InChI is InChI=1S/C30H22Cl2N2O6S/c31-25-11-1-21(2-12-25)5-19-29(23-7-15-27(16-8-23)33(35)36)41(39,40)30(20-6-22-3-13-26(32)14-4-22)24-9-17-28(18-10-24)34(37)38/h1-20,29-30H/b19-5+,20-6+. The monoisotopic (exact) mass is 608 g/mol. The van der Waals surface area contributed by atoms with Crippen molar-refractivity contribution < 1.29 is 18.3 Å². The fraction of sp³-hybridized carbons (Fsp3) is 0.0667. The second-order valence-electron chi connectivity index (χ2n) is 8.95. The number of hydrogen-bond acceptors (Lipinski definition) is 6. The van der Waals surface area contributed by atoms with E-state index in [9.17, 15) is 28.6 Å². The highest BCUT2D eigenvalue weighted by Crippen LogP contribution is 2.38. The average Bonchev–Trinajstić information content (AvgIpc) is 2.95. The van der Waals surface area contributed by atoms with Crippen LogP contribution in [0.4, 0.5) is 11.4 Å². The lowest BCUT2D eigenvalue weighted by atomic mass is 10.1. The smallest absolute Gasteiger partial charge is 0.258 e. The van der Waals surface area contributed by atoms with E-state index >= 15 is 0 Å². The van der Waals surface area contributed by atoms with E-state index in [0.717, 1.165) is 0 Å². The molecular formula is C30H22Cl2N2O6S. The first-order valence-corrected chi connectivity index (χ1v) is 14.5. The van der Waals surface area contributed by atoms with Gasteiger partial charge in [-0.2, -0.15) is 0 Å². The summed E-state index contributed by atoms with van der Waals surface area (Å²) in [6.45, 7) is 0. The number of sulfone groups is 1. The molecule has 0 saturated carbocycles. The summed E-state index contributed by atoms with van der Waals surface area (Å²) >= 11 is 12.0. The van der Waals surface area contributed by atoms with Crippen LogP contribution in [0.15, 0.2) is 109 Å². The van der Waals surface area contributed by atoms with Gasteiger partial charge in [-0.1, -0.05) is 96.0 Å². The van der Waals surface area contributed by atoms with Crippen LogP contribution in [0.25, 0.3) is 12.2 Å². The Hall–Kier alpha value is -4.31. The predicted molar refractivity (Wildman–Crippen MR) is 162 cm³/mol. The zero-order valence-corrected chi connectivity index (χ0v) is 23.5. The summed E-state index contributed by atoms with van der Waals surface area (Å²) in [6, 6.07) is 24.2. The molecule has 4 aromatic rings. The van der Waals surface area contributed by atoms with Crippen molar-refractivity contribution >= 4 is 56.6 Å². The van der Waals surface area contributed by atoms with Crippen LogP contribution in [-0.4, -0.2) is 18.3 Å². The van der Waals surface area contributed by atoms with Crippen molar-refractivity contribution in [3.05, 3.63) is 162 Å². The van der Waals surface area contributed by atoms with Gasteiger partial charge in [-0.25, -0.2) is 8.42 Å². The van der Waals surface area contributed by atoms with Gasteiger partial charge in [0.05, 0.1) is 9.85 Å². The number of nitrogens with zero attached hydrogens (tertiary/aromatic N) is 2. The summed E-state index contributed by atoms with van der Waals surface area (Å²) in [4.78, 5) is 21.3. The third-order valence-corrected chi connectivity index (χ3v) is 9.02. The summed E-state index contributed by atoms with van der Waals surface area (Å²) in [5, 5.41) is 21.0. The molecule has 8 nitrogen and oxygen atoms in total. The second kappa shape index (κ2) is 12.9. The third-order valence-electron chi connectivity index (χ3n) is 6.24. The molecule has 4 rings (SSSR count). The molecule has 208 valence electrons. The van der Waals surface area contributed by atoms with E-state index in [-0.39, 0.29) is 11.4 Å². The molecule has 41 heavy (non-hydrogen) atoms. The van der Waals surface area contributed by atoms with Crippen molar-refractivity contribution in [2.24, 2.45) is 0 Å². The number of nitro benzene ring substituents is 2. The van der Waals surface area contributed by atoms with Gasteiger partial charge in [0.25, 0.3) is 11.4 Å². The van der Waals surface area contributed by atoms with Crippen LogP contribution >= 0.6 is 23.2 Å². The van der Waals surface area contributed by atoms with Crippen molar-refractivity contribution in [2.45, 2.75) is 10.5 Å². The summed E-state index contributed by atoms with van der Waals surface area (Å²) in [5.41, 5.74) is 1.66. The first-order chi connectivity index (χ1) is 19.5. The molecule has 0 radical (unpaired) electrons. The summed E-state index contributed by atoms with van der Waals surface area (Å²) in [6.07, 6.45) is 6.29. The Morgan fingerprint density at radius 3 is 1.17 bits per heavy atom. The van der Waals surface area contributed by atoms with Gasteiger partial charge >= 0.3 is 0 Å². The highest BCUT2D eigenvalue weighted by Gasteiger charge is 2.34. The van der Waals surface area contributed by atoms with Gasteiger partial charge in [0.15, 0.2) is 9.84 Å². The Kier molecular flexibility index (Phi) is 9.34. The molecule has 0 spiro atoms. The van der Waals surface area contributed by atoms with Gasteiger partial charge in [-0.05, 0) is 46.5 Å². The number of benzene rings is 4. The van der Waals surface area contributed by atoms with Crippen LogP contribution in [0.3, 0.4) is 0 Å². The molecule has 0 aliphatic rings. The number of halogens is 2. The first kappa shape index (κ1) is 29.7. The molecule has 0 heterocycles. The summed E-state index contributed by atoms with van der Waals surface area (Å²) in [7, 11) is -4.16. The van der Waals surface area contributed by atoms with E-state index in [2.05, 4.69) is 0 Å². The van der Waals surface area contributed by atoms with Gasteiger partial charge in [0.2, 0.25) is 0 Å². The van der Waals surface area contributed by atoms with Crippen molar-refractivity contribution in [3.8, 4) is 0 Å². The molecule has 0 N–H and O–H groups in total. The molecule has 0 aliphatic carbocycles. The lowest BCUT2D eigenvalue weighted by Gasteiger charge is -2.21. The topological polar surface area (TPSA) is 120 Å². The van der Waals surface area contributed by atoms with E-state index in [0.29, 0.717) is 32.3 Å².